The van der Waals surface area contributed by atoms with Crippen molar-refractivity contribution in [3.05, 3.63) is 100 Å². The lowest BCUT2D eigenvalue weighted by Crippen LogP contribution is -2.51. The summed E-state index contributed by atoms with van der Waals surface area (Å²) >= 11 is 12.3. The lowest BCUT2D eigenvalue weighted by molar-refractivity contribution is -0.141. The van der Waals surface area contributed by atoms with Crippen LogP contribution in [0.2, 0.25) is 10.0 Å². The van der Waals surface area contributed by atoms with Gasteiger partial charge < -0.3 is 10.2 Å². The highest BCUT2D eigenvalue weighted by atomic mass is 35.5. The van der Waals surface area contributed by atoms with Gasteiger partial charge in [-0.05, 0) is 61.7 Å². The Kier molecular flexibility index (Phi) is 11.4. The molecule has 214 valence electrons. The fraction of sp³-hybridized carbons (Fsp3) is 0.333. The number of nitrogens with zero attached hydrogens (tertiary/aromatic N) is 2. The van der Waals surface area contributed by atoms with E-state index in [4.69, 9.17) is 23.2 Å². The van der Waals surface area contributed by atoms with Crippen LogP contribution in [0, 0.1) is 0 Å². The topological polar surface area (TPSA) is 86.8 Å². The van der Waals surface area contributed by atoms with Crippen LogP contribution in [0.3, 0.4) is 0 Å². The van der Waals surface area contributed by atoms with Gasteiger partial charge in [-0.3, -0.25) is 13.9 Å². The number of halogens is 2. The molecule has 0 radical (unpaired) electrons. The number of sulfonamides is 1. The zero-order chi connectivity index (χ0) is 29.3. The Morgan fingerprint density at radius 2 is 1.50 bits per heavy atom. The van der Waals surface area contributed by atoms with E-state index in [0.717, 1.165) is 17.4 Å². The summed E-state index contributed by atoms with van der Waals surface area (Å²) in [4.78, 5) is 28.8. The molecular weight excluding hydrogens is 569 g/mol. The molecule has 0 saturated heterocycles. The van der Waals surface area contributed by atoms with Crippen molar-refractivity contribution in [2.75, 3.05) is 17.1 Å². The average Bonchev–Trinajstić information content (AvgIpc) is 2.88. The molecule has 1 atom stereocenters. The molecule has 1 unspecified atom stereocenters. The Labute approximate surface area is 247 Å². The highest BCUT2D eigenvalue weighted by molar-refractivity contribution is 7.92. The first-order valence-electron chi connectivity index (χ1n) is 13.1. The maximum absolute atomic E-state index is 13.8. The number of rotatable bonds is 13. The van der Waals surface area contributed by atoms with Gasteiger partial charge in [0.05, 0.1) is 11.9 Å². The fourth-order valence-corrected chi connectivity index (χ4v) is 5.76. The van der Waals surface area contributed by atoms with Crippen molar-refractivity contribution in [3.8, 4) is 0 Å². The number of carbonyl (C=O) groups is 2. The minimum absolute atomic E-state index is 0.0351. The molecule has 3 aromatic rings. The number of anilines is 1. The van der Waals surface area contributed by atoms with Gasteiger partial charge in [-0.25, -0.2) is 8.42 Å². The van der Waals surface area contributed by atoms with Gasteiger partial charge in [-0.1, -0.05) is 71.7 Å². The van der Waals surface area contributed by atoms with E-state index >= 15 is 0 Å². The summed E-state index contributed by atoms with van der Waals surface area (Å²) in [5.74, 6) is -0.523. The first kappa shape index (κ1) is 31.5. The van der Waals surface area contributed by atoms with Gasteiger partial charge in [0.2, 0.25) is 21.8 Å². The molecule has 7 nitrogen and oxygen atoms in total. The van der Waals surface area contributed by atoms with Gasteiger partial charge in [0.1, 0.15) is 6.04 Å². The van der Waals surface area contributed by atoms with E-state index in [-0.39, 0.29) is 43.8 Å². The zero-order valence-electron chi connectivity index (χ0n) is 22.9. The normalized spacial score (nSPS) is 12.2. The lowest BCUT2D eigenvalue weighted by atomic mass is 10.0. The Hall–Kier alpha value is -3.07. The second-order valence-electron chi connectivity index (χ2n) is 9.94. The van der Waals surface area contributed by atoms with E-state index in [2.05, 4.69) is 5.32 Å². The molecule has 0 fully saturated rings. The van der Waals surface area contributed by atoms with E-state index in [1.165, 1.54) is 4.31 Å². The number of amides is 2. The third kappa shape index (κ3) is 9.54. The molecule has 0 heterocycles. The monoisotopic (exact) mass is 603 g/mol. The molecule has 0 saturated carbocycles. The summed E-state index contributed by atoms with van der Waals surface area (Å²) in [6.07, 6.45) is 1.72. The van der Waals surface area contributed by atoms with Crippen LogP contribution in [-0.2, 0) is 32.6 Å². The summed E-state index contributed by atoms with van der Waals surface area (Å²) in [5.41, 5.74) is 2.13. The summed E-state index contributed by atoms with van der Waals surface area (Å²) in [5, 5.41) is 3.90. The van der Waals surface area contributed by atoms with Crippen LogP contribution in [0.5, 0.6) is 0 Å². The molecule has 0 aromatic heterocycles. The number of carbonyl (C=O) groups excluding carboxylic acids is 2. The predicted molar refractivity (Wildman–Crippen MR) is 162 cm³/mol. The van der Waals surface area contributed by atoms with Crippen molar-refractivity contribution in [2.24, 2.45) is 0 Å². The Morgan fingerprint density at radius 1 is 0.875 bits per heavy atom. The Morgan fingerprint density at radius 3 is 2.10 bits per heavy atom. The van der Waals surface area contributed by atoms with Crippen LogP contribution >= 0.6 is 23.2 Å². The largest absolute Gasteiger partial charge is 0.352 e. The molecule has 40 heavy (non-hydrogen) atoms. The third-order valence-electron chi connectivity index (χ3n) is 6.19. The average molecular weight is 605 g/mol. The quantitative estimate of drug-likeness (QED) is 0.271. The molecule has 2 amide bonds. The van der Waals surface area contributed by atoms with Gasteiger partial charge in [-0.15, -0.1) is 0 Å². The second kappa shape index (κ2) is 14.5. The van der Waals surface area contributed by atoms with Gasteiger partial charge in [-0.2, -0.15) is 0 Å². The van der Waals surface area contributed by atoms with Crippen molar-refractivity contribution in [3.63, 3.8) is 0 Å². The first-order valence-corrected chi connectivity index (χ1v) is 15.7. The minimum Gasteiger partial charge on any atom is -0.352 e. The van der Waals surface area contributed by atoms with Crippen LogP contribution in [0.4, 0.5) is 5.69 Å². The number of hydrogen-bond acceptors (Lipinski definition) is 4. The van der Waals surface area contributed by atoms with Crippen LogP contribution in [0.15, 0.2) is 78.9 Å². The summed E-state index contributed by atoms with van der Waals surface area (Å²) < 4.78 is 26.3. The van der Waals surface area contributed by atoms with Crippen molar-refractivity contribution >= 4 is 50.7 Å². The second-order valence-corrected chi connectivity index (χ2v) is 12.7. The molecular formula is C30H35Cl2N3O4S. The van der Waals surface area contributed by atoms with Crippen molar-refractivity contribution in [1.29, 1.82) is 0 Å². The third-order valence-corrected chi connectivity index (χ3v) is 7.86. The van der Waals surface area contributed by atoms with E-state index in [1.807, 2.05) is 50.2 Å². The van der Waals surface area contributed by atoms with Crippen molar-refractivity contribution < 1.29 is 18.0 Å². The minimum atomic E-state index is -3.62. The Bertz CT molecular complexity index is 1400. The van der Waals surface area contributed by atoms with E-state index < -0.39 is 16.1 Å². The molecule has 0 spiro atoms. The highest BCUT2D eigenvalue weighted by Gasteiger charge is 2.31. The van der Waals surface area contributed by atoms with E-state index in [1.54, 1.807) is 47.4 Å². The van der Waals surface area contributed by atoms with Crippen LogP contribution in [-0.4, -0.2) is 50.0 Å². The number of hydrogen-bond donors (Lipinski definition) is 1. The fourth-order valence-electron chi connectivity index (χ4n) is 4.40. The molecule has 3 rings (SSSR count). The lowest BCUT2D eigenvalue weighted by Gasteiger charge is -2.32. The maximum Gasteiger partial charge on any atom is 0.243 e. The summed E-state index contributed by atoms with van der Waals surface area (Å²) in [7, 11) is -3.62. The van der Waals surface area contributed by atoms with Gasteiger partial charge >= 0.3 is 0 Å². The van der Waals surface area contributed by atoms with Crippen LogP contribution in [0.1, 0.15) is 37.8 Å². The van der Waals surface area contributed by atoms with E-state index in [0.29, 0.717) is 22.2 Å². The number of benzene rings is 3. The van der Waals surface area contributed by atoms with Crippen molar-refractivity contribution in [2.45, 2.75) is 51.7 Å². The van der Waals surface area contributed by atoms with Gasteiger partial charge in [0, 0.05) is 42.0 Å². The first-order chi connectivity index (χ1) is 18.9. The molecule has 1 N–H and O–H groups in total. The SMILES string of the molecule is CC(C)NC(=O)C(Cc1ccccc1)N(Cc1cccc(Cl)c1)C(=O)CCCN(c1cccc(Cl)c1)S(C)(=O)=O. The van der Waals surface area contributed by atoms with Gasteiger partial charge in [0.25, 0.3) is 0 Å². The molecule has 0 bridgehead atoms. The standard InChI is InChI=1S/C30H35Cl2N3O4S/c1-22(2)33-30(37)28(19-23-10-5-4-6-11-23)34(21-24-12-7-13-25(31)18-24)29(36)16-9-17-35(40(3,38)39)27-15-8-14-26(32)20-27/h4-8,10-15,18,20,22,28H,9,16-17,19,21H2,1-3H3,(H,33,37). The molecule has 3 aromatic carbocycles. The summed E-state index contributed by atoms with van der Waals surface area (Å²) in [6.45, 7) is 4.00. The highest BCUT2D eigenvalue weighted by Crippen LogP contribution is 2.23. The molecule has 10 heteroatoms. The van der Waals surface area contributed by atoms with Gasteiger partial charge in [0.15, 0.2) is 0 Å². The van der Waals surface area contributed by atoms with Crippen LogP contribution < -0.4 is 9.62 Å². The Balaban J connectivity index is 1.88. The zero-order valence-corrected chi connectivity index (χ0v) is 25.2. The van der Waals surface area contributed by atoms with Crippen molar-refractivity contribution in [1.82, 2.24) is 10.2 Å². The maximum atomic E-state index is 13.8. The molecule has 0 aliphatic heterocycles. The predicted octanol–water partition coefficient (Wildman–Crippen LogP) is 5.70. The summed E-state index contributed by atoms with van der Waals surface area (Å²) in [6, 6.07) is 22.4. The van der Waals surface area contributed by atoms with E-state index in [9.17, 15) is 18.0 Å². The van der Waals surface area contributed by atoms with Crippen LogP contribution in [0.25, 0.3) is 0 Å². The molecule has 0 aliphatic rings. The number of nitrogens with one attached hydrogen (secondary N) is 1. The smallest absolute Gasteiger partial charge is 0.243 e. The molecule has 0 aliphatic carbocycles.